The van der Waals surface area contributed by atoms with E-state index in [1.165, 1.54) is 16.4 Å². The maximum Gasteiger partial charge on any atom is 0.326 e. The molecule has 2 saturated heterocycles. The first-order chi connectivity index (χ1) is 15.9. The van der Waals surface area contributed by atoms with Crippen molar-refractivity contribution in [1.82, 2.24) is 18.8 Å². The average Bonchev–Trinajstić information content (AvgIpc) is 3.44. The van der Waals surface area contributed by atoms with Gasteiger partial charge in [-0.05, 0) is 62.1 Å². The summed E-state index contributed by atoms with van der Waals surface area (Å²) in [4.78, 5) is 30.4. The Morgan fingerprint density at radius 2 is 1.67 bits per heavy atom. The molecule has 1 N–H and O–H groups in total. The Morgan fingerprint density at radius 3 is 2.39 bits per heavy atom. The van der Waals surface area contributed by atoms with Crippen LogP contribution in [0, 0.1) is 5.82 Å². The van der Waals surface area contributed by atoms with Gasteiger partial charge in [0.25, 0.3) is 0 Å². The van der Waals surface area contributed by atoms with Crippen LogP contribution >= 0.6 is 0 Å². The van der Waals surface area contributed by atoms with Crippen LogP contribution in [0.2, 0.25) is 0 Å². The number of imidazole rings is 1. The van der Waals surface area contributed by atoms with Gasteiger partial charge >= 0.3 is 5.69 Å². The number of fused-ring (bicyclic) bond motifs is 1. The lowest BCUT2D eigenvalue weighted by molar-refractivity contribution is -0.135. The van der Waals surface area contributed by atoms with Gasteiger partial charge in [0.1, 0.15) is 11.9 Å². The van der Waals surface area contributed by atoms with Gasteiger partial charge in [0.2, 0.25) is 15.9 Å². The number of nitrogens with zero attached hydrogens (tertiary/aromatic N) is 3. The number of amides is 1. The number of carbonyl (C=O) groups is 1. The van der Waals surface area contributed by atoms with Crippen molar-refractivity contribution in [2.45, 2.75) is 42.7 Å². The maximum atomic E-state index is 13.3. The lowest BCUT2D eigenvalue weighted by Gasteiger charge is -2.35. The minimum absolute atomic E-state index is 0.0129. The van der Waals surface area contributed by atoms with Crippen LogP contribution in [0.5, 0.6) is 0 Å². The number of aromatic amines is 1. The van der Waals surface area contributed by atoms with Crippen LogP contribution in [-0.2, 0) is 14.8 Å². The first-order valence-corrected chi connectivity index (χ1v) is 12.6. The number of carbonyl (C=O) groups excluding carboxylic acids is 1. The monoisotopic (exact) mass is 472 g/mol. The molecule has 33 heavy (non-hydrogen) atoms. The van der Waals surface area contributed by atoms with Gasteiger partial charge in [-0.3, -0.25) is 9.36 Å². The van der Waals surface area contributed by atoms with E-state index < -0.39 is 21.9 Å². The van der Waals surface area contributed by atoms with E-state index in [4.69, 9.17) is 0 Å². The minimum atomic E-state index is -3.89. The van der Waals surface area contributed by atoms with Crippen molar-refractivity contribution in [1.29, 1.82) is 0 Å². The third-order valence-corrected chi connectivity index (χ3v) is 8.60. The molecule has 2 aliphatic heterocycles. The highest BCUT2D eigenvalue weighted by Crippen LogP contribution is 2.30. The smallest absolute Gasteiger partial charge is 0.326 e. The minimum Gasteiger partial charge on any atom is -0.341 e. The van der Waals surface area contributed by atoms with Crippen LogP contribution in [0.1, 0.15) is 31.7 Å². The largest absolute Gasteiger partial charge is 0.341 e. The van der Waals surface area contributed by atoms with Crippen LogP contribution in [0.3, 0.4) is 0 Å². The molecule has 8 nitrogen and oxygen atoms in total. The van der Waals surface area contributed by atoms with E-state index in [2.05, 4.69) is 4.98 Å². The summed E-state index contributed by atoms with van der Waals surface area (Å²) in [6, 6.07) is 11.4. The molecular formula is C23H25FN4O4S. The number of aromatic nitrogens is 2. The standard InChI is InChI=1S/C23H25FN4O4S/c24-16-7-9-18(10-8-16)33(31,32)27-13-3-6-21(27)22(29)26-14-11-17(12-15-26)28-20-5-2-1-4-19(20)25-23(28)30/h1-2,4-5,7-10,17,21H,3,6,11-15H2,(H,25,30)/t21-/m1/s1. The van der Waals surface area contributed by atoms with Crippen molar-refractivity contribution in [3.05, 3.63) is 64.8 Å². The van der Waals surface area contributed by atoms with Crippen molar-refractivity contribution in [3.8, 4) is 0 Å². The molecule has 10 heteroatoms. The molecule has 0 spiro atoms. The molecular weight excluding hydrogens is 447 g/mol. The van der Waals surface area contributed by atoms with Crippen molar-refractivity contribution >= 4 is 27.0 Å². The van der Waals surface area contributed by atoms with Gasteiger partial charge in [0.05, 0.1) is 15.9 Å². The topological polar surface area (TPSA) is 95.5 Å². The normalized spacial score (nSPS) is 20.5. The summed E-state index contributed by atoms with van der Waals surface area (Å²) in [6.07, 6.45) is 2.29. The molecule has 2 fully saturated rings. The third kappa shape index (κ3) is 3.87. The SMILES string of the molecule is O=C([C@H]1CCCN1S(=O)(=O)c1ccc(F)cc1)N1CCC(n2c(=O)[nH]c3ccccc32)CC1. The molecule has 0 saturated carbocycles. The molecule has 1 atom stereocenters. The number of sulfonamides is 1. The van der Waals surface area contributed by atoms with Crippen LogP contribution in [0.15, 0.2) is 58.2 Å². The zero-order valence-corrected chi connectivity index (χ0v) is 18.8. The Morgan fingerprint density at radius 1 is 0.970 bits per heavy atom. The lowest BCUT2D eigenvalue weighted by atomic mass is 10.0. The van der Waals surface area contributed by atoms with Crippen LogP contribution in [0.25, 0.3) is 11.0 Å². The molecule has 3 heterocycles. The number of nitrogens with one attached hydrogen (secondary N) is 1. The number of halogens is 1. The zero-order valence-electron chi connectivity index (χ0n) is 18.0. The van der Waals surface area contributed by atoms with E-state index >= 15 is 0 Å². The number of likely N-dealkylation sites (tertiary alicyclic amines) is 1. The first-order valence-electron chi connectivity index (χ1n) is 11.1. The number of hydrogen-bond acceptors (Lipinski definition) is 4. The quantitative estimate of drug-likeness (QED) is 0.631. The summed E-state index contributed by atoms with van der Waals surface area (Å²) in [5, 5.41) is 0. The van der Waals surface area contributed by atoms with Crippen LogP contribution in [-0.4, -0.2) is 58.8 Å². The molecule has 3 aromatic rings. The van der Waals surface area contributed by atoms with Gasteiger partial charge in [-0.2, -0.15) is 4.31 Å². The number of H-pyrrole nitrogens is 1. The van der Waals surface area contributed by atoms with Crippen molar-refractivity contribution in [2.24, 2.45) is 0 Å². The van der Waals surface area contributed by atoms with Crippen LogP contribution in [0.4, 0.5) is 4.39 Å². The second-order valence-electron chi connectivity index (χ2n) is 8.60. The Hall–Kier alpha value is -2.98. The van der Waals surface area contributed by atoms with Crippen molar-refractivity contribution in [2.75, 3.05) is 19.6 Å². The molecule has 2 aliphatic rings. The molecule has 5 rings (SSSR count). The Bertz CT molecular complexity index is 1340. The predicted octanol–water partition coefficient (Wildman–Crippen LogP) is 2.49. The van der Waals surface area contributed by atoms with E-state index in [0.29, 0.717) is 38.8 Å². The van der Waals surface area contributed by atoms with E-state index in [1.807, 2.05) is 24.3 Å². The fourth-order valence-electron chi connectivity index (χ4n) is 5.01. The van der Waals surface area contributed by atoms with Crippen molar-refractivity contribution in [3.63, 3.8) is 0 Å². The number of hydrogen-bond donors (Lipinski definition) is 1. The molecule has 1 amide bonds. The zero-order chi connectivity index (χ0) is 23.2. The van der Waals surface area contributed by atoms with Gasteiger partial charge in [0.15, 0.2) is 0 Å². The van der Waals surface area contributed by atoms with E-state index in [1.54, 1.807) is 9.47 Å². The molecule has 174 valence electrons. The fraction of sp³-hybridized carbons (Fsp3) is 0.391. The fourth-order valence-corrected chi connectivity index (χ4v) is 6.66. The number of piperidine rings is 1. The van der Waals surface area contributed by atoms with Gasteiger partial charge in [0, 0.05) is 25.7 Å². The summed E-state index contributed by atoms with van der Waals surface area (Å²) < 4.78 is 42.5. The summed E-state index contributed by atoms with van der Waals surface area (Å²) in [7, 11) is -3.89. The molecule has 1 aromatic heterocycles. The van der Waals surface area contributed by atoms with Gasteiger partial charge in [-0.15, -0.1) is 0 Å². The summed E-state index contributed by atoms with van der Waals surface area (Å²) in [5.74, 6) is -0.719. The summed E-state index contributed by atoms with van der Waals surface area (Å²) in [5.41, 5.74) is 1.47. The average molecular weight is 473 g/mol. The maximum absolute atomic E-state index is 13.3. The summed E-state index contributed by atoms with van der Waals surface area (Å²) in [6.45, 7) is 1.17. The second-order valence-corrected chi connectivity index (χ2v) is 10.5. The first kappa shape index (κ1) is 21.8. The predicted molar refractivity (Wildman–Crippen MR) is 121 cm³/mol. The molecule has 0 unspecified atom stereocenters. The lowest BCUT2D eigenvalue weighted by Crippen LogP contribution is -2.50. The Labute approximate surface area is 190 Å². The highest BCUT2D eigenvalue weighted by molar-refractivity contribution is 7.89. The van der Waals surface area contributed by atoms with Gasteiger partial charge < -0.3 is 9.88 Å². The van der Waals surface area contributed by atoms with Gasteiger partial charge in [-0.1, -0.05) is 12.1 Å². The number of rotatable bonds is 4. The molecule has 0 bridgehead atoms. The van der Waals surface area contributed by atoms with E-state index in [9.17, 15) is 22.4 Å². The Kier molecular flexibility index (Phi) is 5.57. The molecule has 2 aromatic carbocycles. The highest BCUT2D eigenvalue weighted by Gasteiger charge is 2.42. The highest BCUT2D eigenvalue weighted by atomic mass is 32.2. The Balaban J connectivity index is 1.31. The molecule has 0 radical (unpaired) electrons. The molecule has 0 aliphatic carbocycles. The summed E-state index contributed by atoms with van der Waals surface area (Å²) >= 11 is 0. The van der Waals surface area contributed by atoms with Gasteiger partial charge in [-0.25, -0.2) is 17.6 Å². The van der Waals surface area contributed by atoms with E-state index in [-0.39, 0.29) is 29.1 Å². The number of para-hydroxylation sites is 2. The number of benzene rings is 2. The second kappa shape index (κ2) is 8.42. The van der Waals surface area contributed by atoms with Crippen molar-refractivity contribution < 1.29 is 17.6 Å². The van der Waals surface area contributed by atoms with Crippen LogP contribution < -0.4 is 5.69 Å². The van der Waals surface area contributed by atoms with E-state index in [0.717, 1.165) is 23.2 Å². The third-order valence-electron chi connectivity index (χ3n) is 6.67.